The van der Waals surface area contributed by atoms with Gasteiger partial charge in [0.15, 0.2) is 0 Å². The van der Waals surface area contributed by atoms with Crippen LogP contribution in [-0.4, -0.2) is 30.9 Å². The Kier molecular flexibility index (Phi) is 7.22. The third-order valence-electron chi connectivity index (χ3n) is 3.75. The van der Waals surface area contributed by atoms with Gasteiger partial charge in [-0.05, 0) is 31.0 Å². The van der Waals surface area contributed by atoms with E-state index in [2.05, 4.69) is 16.0 Å². The van der Waals surface area contributed by atoms with Crippen LogP contribution in [0.5, 0.6) is 0 Å². The van der Waals surface area contributed by atoms with Crippen molar-refractivity contribution < 1.29 is 14.0 Å². The minimum Gasteiger partial charge on any atom is -0.467 e. The highest BCUT2D eigenvalue weighted by molar-refractivity contribution is 5.87. The highest BCUT2D eigenvalue weighted by Crippen LogP contribution is 2.21. The van der Waals surface area contributed by atoms with Crippen LogP contribution in [0.15, 0.2) is 53.1 Å². The van der Waals surface area contributed by atoms with Crippen LogP contribution in [0.25, 0.3) is 0 Å². The summed E-state index contributed by atoms with van der Waals surface area (Å²) in [5.41, 5.74) is 0.999. The van der Waals surface area contributed by atoms with E-state index >= 15 is 0 Å². The van der Waals surface area contributed by atoms with Crippen molar-refractivity contribution in [3.8, 4) is 0 Å². The fourth-order valence-electron chi connectivity index (χ4n) is 2.44. The van der Waals surface area contributed by atoms with Crippen LogP contribution in [0.1, 0.15) is 37.6 Å². The Bertz CT molecular complexity index is 656. The predicted molar refractivity (Wildman–Crippen MR) is 95.9 cm³/mol. The molecule has 3 N–H and O–H groups in total. The fourth-order valence-corrected chi connectivity index (χ4v) is 2.44. The van der Waals surface area contributed by atoms with Crippen molar-refractivity contribution in [3.63, 3.8) is 0 Å². The molecule has 1 aromatic heterocycles. The lowest BCUT2D eigenvalue weighted by Crippen LogP contribution is -2.47. The van der Waals surface area contributed by atoms with Crippen LogP contribution in [0.4, 0.5) is 0 Å². The molecular weight excluding hydrogens is 318 g/mol. The number of rotatable bonds is 9. The molecule has 6 heteroatoms. The molecule has 2 aromatic rings. The number of nitrogens with one attached hydrogen (secondary N) is 3. The molecule has 0 saturated carbocycles. The largest absolute Gasteiger partial charge is 0.467 e. The summed E-state index contributed by atoms with van der Waals surface area (Å²) >= 11 is 0. The molecule has 0 bridgehead atoms. The van der Waals surface area contributed by atoms with Gasteiger partial charge >= 0.3 is 0 Å². The van der Waals surface area contributed by atoms with E-state index in [-0.39, 0.29) is 24.4 Å². The lowest BCUT2D eigenvalue weighted by Gasteiger charge is -2.18. The summed E-state index contributed by atoms with van der Waals surface area (Å²) in [6, 6.07) is 12.6. The maximum absolute atomic E-state index is 12.2. The molecule has 0 saturated heterocycles. The van der Waals surface area contributed by atoms with Crippen LogP contribution < -0.4 is 16.0 Å². The number of amides is 2. The Morgan fingerprint density at radius 1 is 1.12 bits per heavy atom. The second-order valence-corrected chi connectivity index (χ2v) is 5.82. The molecule has 1 aromatic carbocycles. The Morgan fingerprint density at radius 2 is 1.88 bits per heavy atom. The van der Waals surface area contributed by atoms with Gasteiger partial charge in [0.25, 0.3) is 0 Å². The molecule has 2 atom stereocenters. The number of hydrogen-bond acceptors (Lipinski definition) is 4. The van der Waals surface area contributed by atoms with E-state index in [1.807, 2.05) is 49.4 Å². The first kappa shape index (κ1) is 18.7. The van der Waals surface area contributed by atoms with Crippen molar-refractivity contribution in [2.75, 3.05) is 13.1 Å². The fraction of sp³-hybridized carbons (Fsp3) is 0.368. The molecule has 2 rings (SSSR count). The van der Waals surface area contributed by atoms with Crippen molar-refractivity contribution in [1.82, 2.24) is 16.0 Å². The number of hydrogen-bond donors (Lipinski definition) is 3. The number of carbonyl (C=O) groups is 2. The van der Waals surface area contributed by atoms with Gasteiger partial charge in [-0.1, -0.05) is 37.3 Å². The number of carbonyl (C=O) groups excluding carboxylic acids is 2. The molecule has 0 unspecified atom stereocenters. The minimum absolute atomic E-state index is 0.0751. The first-order valence-corrected chi connectivity index (χ1v) is 8.50. The van der Waals surface area contributed by atoms with E-state index in [1.165, 1.54) is 0 Å². The van der Waals surface area contributed by atoms with Gasteiger partial charge < -0.3 is 15.1 Å². The van der Waals surface area contributed by atoms with E-state index in [4.69, 9.17) is 4.42 Å². The second-order valence-electron chi connectivity index (χ2n) is 5.82. The Morgan fingerprint density at radius 3 is 2.52 bits per heavy atom. The summed E-state index contributed by atoms with van der Waals surface area (Å²) in [6.07, 6.45) is 2.46. The topological polar surface area (TPSA) is 83.4 Å². The number of furan rings is 1. The third-order valence-corrected chi connectivity index (χ3v) is 3.75. The standard InChI is InChI=1S/C19H25N3O3/c1-3-11-20-19(24)14(2)22-17(23)13-21-18(16-10-7-12-25-16)15-8-5-4-6-9-15/h4-10,12,14,18,21H,3,11,13H2,1-2H3,(H,20,24)(H,22,23)/t14-,18-/m1/s1. The lowest BCUT2D eigenvalue weighted by molar-refractivity contribution is -0.128. The molecule has 134 valence electrons. The van der Waals surface area contributed by atoms with Gasteiger partial charge in [-0.25, -0.2) is 0 Å². The van der Waals surface area contributed by atoms with E-state index in [9.17, 15) is 9.59 Å². The van der Waals surface area contributed by atoms with Crippen molar-refractivity contribution >= 4 is 11.8 Å². The average Bonchev–Trinajstić information content (AvgIpc) is 3.15. The van der Waals surface area contributed by atoms with Gasteiger partial charge in [-0.15, -0.1) is 0 Å². The van der Waals surface area contributed by atoms with Crippen LogP contribution in [0.2, 0.25) is 0 Å². The first-order valence-electron chi connectivity index (χ1n) is 8.50. The molecule has 0 spiro atoms. The van der Waals surface area contributed by atoms with Gasteiger partial charge in [-0.2, -0.15) is 0 Å². The molecule has 25 heavy (non-hydrogen) atoms. The third kappa shape index (κ3) is 5.76. The van der Waals surface area contributed by atoms with Gasteiger partial charge in [0.2, 0.25) is 11.8 Å². The van der Waals surface area contributed by atoms with E-state index in [0.29, 0.717) is 6.54 Å². The molecule has 0 aliphatic heterocycles. The highest BCUT2D eigenvalue weighted by atomic mass is 16.3. The van der Waals surface area contributed by atoms with Gasteiger partial charge in [0.1, 0.15) is 11.8 Å². The molecule has 6 nitrogen and oxygen atoms in total. The molecule has 0 radical (unpaired) electrons. The van der Waals surface area contributed by atoms with E-state index in [1.54, 1.807) is 13.2 Å². The Labute approximate surface area is 148 Å². The Balaban J connectivity index is 1.92. The smallest absolute Gasteiger partial charge is 0.242 e. The monoisotopic (exact) mass is 343 g/mol. The van der Waals surface area contributed by atoms with Crippen molar-refractivity contribution in [2.45, 2.75) is 32.4 Å². The van der Waals surface area contributed by atoms with Crippen molar-refractivity contribution in [1.29, 1.82) is 0 Å². The minimum atomic E-state index is -0.570. The molecular formula is C19H25N3O3. The zero-order valence-electron chi connectivity index (χ0n) is 14.6. The van der Waals surface area contributed by atoms with Gasteiger partial charge in [-0.3, -0.25) is 14.9 Å². The molecule has 0 fully saturated rings. The normalized spacial score (nSPS) is 13.0. The molecule has 2 amide bonds. The number of benzene rings is 1. The summed E-state index contributed by atoms with van der Waals surface area (Å²) in [7, 11) is 0. The first-order chi connectivity index (χ1) is 12.1. The molecule has 1 heterocycles. The van der Waals surface area contributed by atoms with Crippen molar-refractivity contribution in [3.05, 3.63) is 60.1 Å². The summed E-state index contributed by atoms with van der Waals surface area (Å²) in [5.74, 6) is 0.306. The zero-order valence-corrected chi connectivity index (χ0v) is 14.6. The molecule has 0 aliphatic carbocycles. The maximum Gasteiger partial charge on any atom is 0.242 e. The average molecular weight is 343 g/mol. The van der Waals surface area contributed by atoms with Crippen LogP contribution >= 0.6 is 0 Å². The van der Waals surface area contributed by atoms with Gasteiger partial charge in [0.05, 0.1) is 18.8 Å². The van der Waals surface area contributed by atoms with E-state index < -0.39 is 6.04 Å². The maximum atomic E-state index is 12.2. The highest BCUT2D eigenvalue weighted by Gasteiger charge is 2.19. The van der Waals surface area contributed by atoms with E-state index in [0.717, 1.165) is 17.7 Å². The summed E-state index contributed by atoms with van der Waals surface area (Å²) < 4.78 is 5.49. The Hall–Kier alpha value is -2.60. The summed E-state index contributed by atoms with van der Waals surface area (Å²) in [4.78, 5) is 24.0. The molecule has 0 aliphatic rings. The quantitative estimate of drug-likeness (QED) is 0.650. The zero-order chi connectivity index (χ0) is 18.1. The lowest BCUT2D eigenvalue weighted by atomic mass is 10.0. The summed E-state index contributed by atoms with van der Waals surface area (Å²) in [6.45, 7) is 4.33. The second kappa shape index (κ2) is 9.64. The van der Waals surface area contributed by atoms with Crippen LogP contribution in [0, 0.1) is 0 Å². The van der Waals surface area contributed by atoms with Crippen LogP contribution in [0.3, 0.4) is 0 Å². The van der Waals surface area contributed by atoms with Crippen LogP contribution in [-0.2, 0) is 9.59 Å². The van der Waals surface area contributed by atoms with Crippen molar-refractivity contribution in [2.24, 2.45) is 0 Å². The van der Waals surface area contributed by atoms with Gasteiger partial charge in [0, 0.05) is 6.54 Å². The SMILES string of the molecule is CCCNC(=O)[C@@H](C)NC(=O)CN[C@H](c1ccccc1)c1ccco1. The predicted octanol–water partition coefficient (Wildman–Crippen LogP) is 1.99. The summed E-state index contributed by atoms with van der Waals surface area (Å²) in [5, 5.41) is 8.65.